The van der Waals surface area contributed by atoms with Gasteiger partial charge in [-0.25, -0.2) is 12.6 Å². The van der Waals surface area contributed by atoms with Gasteiger partial charge < -0.3 is 13.3 Å². The van der Waals surface area contributed by atoms with Gasteiger partial charge in [-0.2, -0.15) is 8.78 Å². The van der Waals surface area contributed by atoms with Gasteiger partial charge in [-0.3, -0.25) is 0 Å². The lowest BCUT2D eigenvalue weighted by Gasteiger charge is -2.28. The lowest BCUT2D eigenvalue weighted by molar-refractivity contribution is -0.000782. The van der Waals surface area contributed by atoms with E-state index in [0.717, 1.165) is 0 Å². The van der Waals surface area contributed by atoms with E-state index in [4.69, 9.17) is 13.3 Å². The minimum Gasteiger partial charge on any atom is -0.374 e. The second-order valence-corrected chi connectivity index (χ2v) is 10.3. The first-order valence-electron chi connectivity index (χ1n) is 6.60. The summed E-state index contributed by atoms with van der Waals surface area (Å²) in [5, 5.41) is 0. The molecule has 14 heteroatoms. The molecule has 0 aromatic carbocycles. The van der Waals surface area contributed by atoms with Gasteiger partial charge in [0.05, 0.1) is 5.75 Å². The van der Waals surface area contributed by atoms with Gasteiger partial charge in [0, 0.05) is 25.9 Å². The summed E-state index contributed by atoms with van der Waals surface area (Å²) in [4.78, 5) is 0. The van der Waals surface area contributed by atoms with Crippen molar-refractivity contribution in [3.05, 3.63) is 0 Å². The third kappa shape index (κ3) is 7.45. The monoisotopic (exact) mass is 403 g/mol. The number of hydrogen-bond acceptors (Lipinski definition) is 7. The summed E-state index contributed by atoms with van der Waals surface area (Å²) in [6.45, 7) is 5.43. The third-order valence-corrected chi connectivity index (χ3v) is 8.79. The van der Waals surface area contributed by atoms with Crippen molar-refractivity contribution in [2.75, 3.05) is 25.6 Å². The molecule has 0 amide bonds. The Morgan fingerprint density at radius 2 is 1.43 bits per heavy atom. The van der Waals surface area contributed by atoms with E-state index in [0.29, 0.717) is 0 Å². The van der Waals surface area contributed by atoms with E-state index >= 15 is 0 Å². The Morgan fingerprint density at radius 3 is 1.74 bits per heavy atom. The maximum absolute atomic E-state index is 12.4. The Balaban J connectivity index is 5.36. The molecule has 8 nitrogen and oxygen atoms in total. The minimum atomic E-state index is -5.28. The quantitative estimate of drug-likeness (QED) is 0.459. The molecule has 0 N–H and O–H groups in total. The van der Waals surface area contributed by atoms with Crippen molar-refractivity contribution >= 4 is 28.8 Å². The molecule has 0 rings (SSSR count). The first kappa shape index (κ1) is 22.7. The molecule has 0 spiro atoms. The maximum Gasteiger partial charge on any atom is 0.502 e. The summed E-state index contributed by atoms with van der Waals surface area (Å²) in [5.41, 5.74) is 0. The van der Waals surface area contributed by atoms with Crippen molar-refractivity contribution < 1.29 is 43.6 Å². The smallest absolute Gasteiger partial charge is 0.374 e. The van der Waals surface area contributed by atoms with Gasteiger partial charge in [-0.05, 0) is 25.3 Å². The maximum atomic E-state index is 12.4. The van der Waals surface area contributed by atoms with Crippen LogP contribution >= 0.6 is 0 Å². The number of halogens is 3. The largest absolute Gasteiger partial charge is 0.502 e. The molecule has 0 heterocycles. The predicted octanol–water partition coefficient (Wildman–Crippen LogP) is 1.87. The fraction of sp³-hybridized carbons (Fsp3) is 1.00. The second kappa shape index (κ2) is 9.90. The van der Waals surface area contributed by atoms with E-state index in [9.17, 15) is 25.9 Å². The SMILES string of the molecule is CCO[Si](CCS(=O)(=O)N=S(=O)(OF)C(F)F)(OCC)OCC. The van der Waals surface area contributed by atoms with Gasteiger partial charge in [-0.1, -0.05) is 8.16 Å². The molecule has 0 aliphatic rings. The molecule has 0 aliphatic heterocycles. The molecule has 0 aromatic heterocycles. The molecule has 1 atom stereocenters. The first-order valence-corrected chi connectivity index (χ1v) is 11.6. The zero-order valence-corrected chi connectivity index (χ0v) is 15.5. The van der Waals surface area contributed by atoms with Crippen LogP contribution < -0.4 is 0 Å². The standard InChI is InChI=1S/C9H20F3NO7S2Si/c1-4-17-23(18-5-2,19-6-3)8-7-21(14,15)13-22(16,20-12)9(10)11/h9H,4-8H2,1-3H3. The van der Waals surface area contributed by atoms with E-state index in [1.54, 1.807) is 20.8 Å². The van der Waals surface area contributed by atoms with Crippen molar-refractivity contribution in [2.45, 2.75) is 32.6 Å². The average Bonchev–Trinajstić information content (AvgIpc) is 2.45. The average molecular weight is 403 g/mol. The summed E-state index contributed by atoms with van der Waals surface area (Å²) in [6.07, 6.45) is 0. The lowest BCUT2D eigenvalue weighted by Crippen LogP contribution is -2.47. The number of hydrogen-bond donors (Lipinski definition) is 0. The van der Waals surface area contributed by atoms with Crippen LogP contribution in [0.3, 0.4) is 0 Å². The Bertz CT molecular complexity index is 548. The molecule has 0 saturated heterocycles. The van der Waals surface area contributed by atoms with Gasteiger partial charge in [0.1, 0.15) is 0 Å². The number of alkyl halides is 2. The molecule has 23 heavy (non-hydrogen) atoms. The van der Waals surface area contributed by atoms with E-state index in [2.05, 4.69) is 8.16 Å². The highest BCUT2D eigenvalue weighted by Gasteiger charge is 2.42. The van der Waals surface area contributed by atoms with E-state index in [1.165, 1.54) is 0 Å². The Kier molecular flexibility index (Phi) is 9.79. The number of sulfonamides is 1. The highest BCUT2D eigenvalue weighted by molar-refractivity contribution is 8.01. The normalized spacial score (nSPS) is 15.6. The van der Waals surface area contributed by atoms with Crippen molar-refractivity contribution in [3.63, 3.8) is 0 Å². The van der Waals surface area contributed by atoms with Crippen molar-refractivity contribution in [1.82, 2.24) is 0 Å². The topological polar surface area (TPSA) is 100 Å². The summed E-state index contributed by atoms with van der Waals surface area (Å²) < 4.78 is 92.4. The number of rotatable bonds is 12. The fourth-order valence-electron chi connectivity index (χ4n) is 1.52. The summed E-state index contributed by atoms with van der Waals surface area (Å²) in [7, 11) is -13.3. The lowest BCUT2D eigenvalue weighted by atomic mass is 10.9. The Labute approximate surface area is 135 Å². The van der Waals surface area contributed by atoms with Crippen LogP contribution in [0, 0.1) is 0 Å². The van der Waals surface area contributed by atoms with Crippen molar-refractivity contribution in [3.8, 4) is 0 Å². The van der Waals surface area contributed by atoms with Crippen LogP contribution in [0.25, 0.3) is 0 Å². The highest BCUT2D eigenvalue weighted by atomic mass is 32.3. The van der Waals surface area contributed by atoms with Crippen LogP contribution in [0.15, 0.2) is 3.77 Å². The molecule has 0 saturated carbocycles. The molecule has 0 bridgehead atoms. The second-order valence-electron chi connectivity index (χ2n) is 3.93. The molecule has 1 unspecified atom stereocenters. The third-order valence-electron chi connectivity index (χ3n) is 2.29. The van der Waals surface area contributed by atoms with Crippen molar-refractivity contribution in [1.29, 1.82) is 0 Å². The molecule has 0 aliphatic carbocycles. The van der Waals surface area contributed by atoms with Crippen molar-refractivity contribution in [2.24, 2.45) is 3.77 Å². The van der Waals surface area contributed by atoms with Crippen LogP contribution in [0.2, 0.25) is 6.04 Å². The Hall–Kier alpha value is -0.253. The summed E-state index contributed by atoms with van der Waals surface area (Å²) >= 11 is 0. The van der Waals surface area contributed by atoms with Crippen LogP contribution in [0.5, 0.6) is 0 Å². The van der Waals surface area contributed by atoms with Gasteiger partial charge >= 0.3 is 14.6 Å². The zero-order chi connectivity index (χ0) is 18.1. The van der Waals surface area contributed by atoms with Gasteiger partial charge in [-0.15, -0.1) is 0 Å². The van der Waals surface area contributed by atoms with Crippen LogP contribution in [0.4, 0.5) is 13.3 Å². The molecular formula is C9H20F3NO7S2Si. The predicted molar refractivity (Wildman–Crippen MR) is 78.0 cm³/mol. The number of nitrogens with zero attached hydrogens (tertiary/aromatic N) is 1. The molecule has 0 aromatic rings. The van der Waals surface area contributed by atoms with Crippen LogP contribution in [-0.4, -0.2) is 52.8 Å². The molecule has 140 valence electrons. The van der Waals surface area contributed by atoms with E-state index in [-0.39, 0.29) is 25.9 Å². The van der Waals surface area contributed by atoms with Crippen LogP contribution in [0.1, 0.15) is 20.8 Å². The summed E-state index contributed by atoms with van der Waals surface area (Å²) in [6, 6.07) is -0.320. The summed E-state index contributed by atoms with van der Waals surface area (Å²) in [5.74, 6) is -4.79. The minimum absolute atomic E-state index is 0.171. The first-order chi connectivity index (χ1) is 10.6. The Morgan fingerprint density at radius 1 is 1.00 bits per heavy atom. The van der Waals surface area contributed by atoms with Gasteiger partial charge in [0.2, 0.25) is 0 Å². The van der Waals surface area contributed by atoms with E-state index in [1.807, 2.05) is 0 Å². The van der Waals surface area contributed by atoms with E-state index < -0.39 is 40.3 Å². The molecular weight excluding hydrogens is 383 g/mol. The van der Waals surface area contributed by atoms with Crippen LogP contribution in [-0.2, 0) is 37.7 Å². The molecule has 0 radical (unpaired) electrons. The molecule has 0 fully saturated rings. The zero-order valence-electron chi connectivity index (χ0n) is 12.9. The fourth-order valence-corrected chi connectivity index (χ4v) is 7.53. The van der Waals surface area contributed by atoms with Gasteiger partial charge in [0.25, 0.3) is 20.0 Å². The van der Waals surface area contributed by atoms with Gasteiger partial charge in [0.15, 0.2) is 0 Å². The highest BCUT2D eigenvalue weighted by Crippen LogP contribution is 2.20.